The Balaban J connectivity index is 4.55. The van der Waals surface area contributed by atoms with Crippen LogP contribution in [0, 0.1) is 0 Å². The molecule has 0 saturated heterocycles. The predicted octanol–water partition coefficient (Wildman–Crippen LogP) is 0.529. The van der Waals surface area contributed by atoms with Gasteiger partial charge in [0, 0.05) is 24.2 Å². The highest BCUT2D eigenvalue weighted by molar-refractivity contribution is 5.92. The SMILES string of the molecule is C=C(C)C(=O)NCCCCCOC(=O)CN(CC(=O)O)CN(CC(=O)O)CC(=O)OCCCCCNC(=O)C(=C)C. The van der Waals surface area contributed by atoms with Crippen molar-refractivity contribution in [3.63, 3.8) is 0 Å². The first-order valence-electron chi connectivity index (χ1n) is 13.4. The van der Waals surface area contributed by atoms with Gasteiger partial charge in [0.05, 0.1) is 46.1 Å². The Labute approximate surface area is 240 Å². The number of carbonyl (C=O) groups is 6. The maximum absolute atomic E-state index is 12.3. The van der Waals surface area contributed by atoms with E-state index in [1.165, 1.54) is 0 Å². The van der Waals surface area contributed by atoms with Gasteiger partial charge in [-0.3, -0.25) is 38.6 Å². The lowest BCUT2D eigenvalue weighted by atomic mass is 10.2. The van der Waals surface area contributed by atoms with Crippen molar-refractivity contribution >= 4 is 35.7 Å². The third-order valence-electron chi connectivity index (χ3n) is 5.34. The number of ether oxygens (including phenoxy) is 2. The van der Waals surface area contributed by atoms with Gasteiger partial charge >= 0.3 is 23.9 Å². The zero-order valence-corrected chi connectivity index (χ0v) is 24.1. The minimum atomic E-state index is -1.24. The van der Waals surface area contributed by atoms with Crippen LogP contribution >= 0.6 is 0 Å². The van der Waals surface area contributed by atoms with Crippen molar-refractivity contribution < 1.29 is 48.5 Å². The number of amides is 2. The van der Waals surface area contributed by atoms with Gasteiger partial charge in [0.15, 0.2) is 0 Å². The molecule has 2 amide bonds. The highest BCUT2D eigenvalue weighted by Crippen LogP contribution is 2.02. The normalized spacial score (nSPS) is 10.6. The molecule has 0 heterocycles. The number of aliphatic carboxylic acids is 2. The van der Waals surface area contributed by atoms with Crippen LogP contribution in [-0.2, 0) is 38.2 Å². The van der Waals surface area contributed by atoms with Crippen LogP contribution in [0.2, 0.25) is 0 Å². The first kappa shape index (κ1) is 37.2. The molecule has 0 spiro atoms. The van der Waals surface area contributed by atoms with E-state index in [1.54, 1.807) is 13.8 Å². The summed E-state index contributed by atoms with van der Waals surface area (Å²) in [5.74, 6) is -4.33. The zero-order valence-electron chi connectivity index (χ0n) is 24.1. The summed E-state index contributed by atoms with van der Waals surface area (Å²) in [4.78, 5) is 72.3. The molecule has 0 aromatic heterocycles. The molecule has 232 valence electrons. The summed E-state index contributed by atoms with van der Waals surface area (Å²) >= 11 is 0. The fourth-order valence-electron chi connectivity index (χ4n) is 3.32. The first-order chi connectivity index (χ1) is 19.3. The van der Waals surface area contributed by atoms with E-state index in [9.17, 15) is 39.0 Å². The van der Waals surface area contributed by atoms with Gasteiger partial charge in [0.1, 0.15) is 0 Å². The highest BCUT2D eigenvalue weighted by atomic mass is 16.5. The Morgan fingerprint density at radius 2 is 0.976 bits per heavy atom. The summed E-state index contributed by atoms with van der Waals surface area (Å²) < 4.78 is 10.3. The van der Waals surface area contributed by atoms with Crippen molar-refractivity contribution in [1.82, 2.24) is 20.4 Å². The van der Waals surface area contributed by atoms with Crippen LogP contribution in [0.1, 0.15) is 52.4 Å². The molecule has 0 aromatic carbocycles. The van der Waals surface area contributed by atoms with E-state index < -0.39 is 50.1 Å². The summed E-state index contributed by atoms with van der Waals surface area (Å²) in [6, 6.07) is 0. The number of carbonyl (C=O) groups excluding carboxylic acids is 4. The third kappa shape index (κ3) is 21.7. The van der Waals surface area contributed by atoms with Crippen molar-refractivity contribution in [2.45, 2.75) is 52.4 Å². The second kappa shape index (κ2) is 22.0. The van der Waals surface area contributed by atoms with Crippen LogP contribution in [0.15, 0.2) is 24.3 Å². The third-order valence-corrected chi connectivity index (χ3v) is 5.34. The first-order valence-corrected chi connectivity index (χ1v) is 13.4. The summed E-state index contributed by atoms with van der Waals surface area (Å²) in [7, 11) is 0. The molecule has 0 rings (SSSR count). The molecule has 0 aliphatic carbocycles. The van der Waals surface area contributed by atoms with Crippen molar-refractivity contribution in [2.24, 2.45) is 0 Å². The Bertz CT molecular complexity index is 850. The Hall–Kier alpha value is -3.78. The summed E-state index contributed by atoms with van der Waals surface area (Å²) in [5, 5.41) is 23.8. The standard InChI is InChI=1S/C27H44N4O10/c1-20(2)26(38)28-11-7-5-9-13-40-24(36)17-30(15-22(32)33)19-31(16-23(34)35)18-25(37)41-14-10-6-8-12-29-27(39)21(3)4/h1,3,5-19H2,2,4H3,(H,28,38)(H,29,39)(H,32,33)(H,34,35). The van der Waals surface area contributed by atoms with Crippen LogP contribution in [0.5, 0.6) is 0 Å². The van der Waals surface area contributed by atoms with Gasteiger partial charge in [0.2, 0.25) is 11.8 Å². The van der Waals surface area contributed by atoms with E-state index in [1.807, 2.05) is 0 Å². The van der Waals surface area contributed by atoms with Gasteiger partial charge in [-0.15, -0.1) is 0 Å². The van der Waals surface area contributed by atoms with E-state index in [2.05, 4.69) is 23.8 Å². The van der Waals surface area contributed by atoms with E-state index in [-0.39, 0.29) is 31.7 Å². The Morgan fingerprint density at radius 3 is 1.29 bits per heavy atom. The smallest absolute Gasteiger partial charge is 0.320 e. The van der Waals surface area contributed by atoms with Crippen molar-refractivity contribution in [3.05, 3.63) is 24.3 Å². The summed E-state index contributed by atoms with van der Waals surface area (Å²) in [6.45, 7) is 9.12. The lowest BCUT2D eigenvalue weighted by molar-refractivity contribution is -0.149. The molecule has 0 fully saturated rings. The largest absolute Gasteiger partial charge is 0.480 e. The molecular weight excluding hydrogens is 540 g/mol. The lowest BCUT2D eigenvalue weighted by Crippen LogP contribution is -2.47. The molecule has 0 unspecified atom stereocenters. The molecule has 0 bridgehead atoms. The summed E-state index contributed by atoms with van der Waals surface area (Å²) in [5.41, 5.74) is 0.830. The van der Waals surface area contributed by atoms with Gasteiger partial charge < -0.3 is 30.3 Å². The molecule has 0 radical (unpaired) electrons. The topological polar surface area (TPSA) is 192 Å². The monoisotopic (exact) mass is 584 g/mol. The van der Waals surface area contributed by atoms with E-state index in [0.717, 1.165) is 9.80 Å². The quantitative estimate of drug-likeness (QED) is 0.0533. The number of hydrogen-bond acceptors (Lipinski definition) is 10. The minimum absolute atomic E-state index is 0.0968. The van der Waals surface area contributed by atoms with Crippen molar-refractivity contribution in [3.8, 4) is 0 Å². The number of rotatable bonds is 24. The maximum atomic E-state index is 12.3. The number of unbranched alkanes of at least 4 members (excludes halogenated alkanes) is 4. The van der Waals surface area contributed by atoms with Gasteiger partial charge in [-0.25, -0.2) is 0 Å². The van der Waals surface area contributed by atoms with Gasteiger partial charge in [0.25, 0.3) is 0 Å². The van der Waals surface area contributed by atoms with Gasteiger partial charge in [-0.2, -0.15) is 0 Å². The Morgan fingerprint density at radius 1 is 0.610 bits per heavy atom. The number of hydrogen-bond donors (Lipinski definition) is 4. The molecule has 14 heteroatoms. The van der Waals surface area contributed by atoms with Crippen LogP contribution in [0.4, 0.5) is 0 Å². The lowest BCUT2D eigenvalue weighted by Gasteiger charge is -2.27. The molecule has 0 aromatic rings. The fraction of sp³-hybridized carbons (Fsp3) is 0.630. The van der Waals surface area contributed by atoms with Crippen molar-refractivity contribution in [1.29, 1.82) is 0 Å². The van der Waals surface area contributed by atoms with Crippen LogP contribution in [0.3, 0.4) is 0 Å². The van der Waals surface area contributed by atoms with E-state index >= 15 is 0 Å². The zero-order chi connectivity index (χ0) is 31.2. The van der Waals surface area contributed by atoms with Gasteiger partial charge in [-0.05, 0) is 52.4 Å². The number of esters is 2. The van der Waals surface area contributed by atoms with Crippen LogP contribution < -0.4 is 10.6 Å². The number of carboxylic acid groups (broad SMARTS) is 2. The average molecular weight is 585 g/mol. The molecule has 0 atom stereocenters. The number of carboxylic acids is 2. The molecule has 14 nitrogen and oxygen atoms in total. The molecule has 0 aliphatic heterocycles. The second-order valence-corrected chi connectivity index (χ2v) is 9.54. The van der Waals surface area contributed by atoms with Crippen LogP contribution in [-0.4, -0.2) is 115 Å². The molecule has 4 N–H and O–H groups in total. The Kier molecular flexibility index (Phi) is 19.9. The molecule has 41 heavy (non-hydrogen) atoms. The van der Waals surface area contributed by atoms with Crippen molar-refractivity contribution in [2.75, 3.05) is 59.2 Å². The predicted molar refractivity (Wildman–Crippen MR) is 149 cm³/mol. The second-order valence-electron chi connectivity index (χ2n) is 9.54. The molecular formula is C27H44N4O10. The van der Waals surface area contributed by atoms with Gasteiger partial charge in [-0.1, -0.05) is 13.2 Å². The maximum Gasteiger partial charge on any atom is 0.320 e. The van der Waals surface area contributed by atoms with Crippen LogP contribution in [0.25, 0.3) is 0 Å². The summed E-state index contributed by atoms with van der Waals surface area (Å²) in [6.07, 6.45) is 3.79. The highest BCUT2D eigenvalue weighted by Gasteiger charge is 2.22. The molecule has 0 saturated carbocycles. The minimum Gasteiger partial charge on any atom is -0.480 e. The van der Waals surface area contributed by atoms with E-state index in [4.69, 9.17) is 9.47 Å². The number of nitrogens with zero attached hydrogens (tertiary/aromatic N) is 2. The fourth-order valence-corrected chi connectivity index (χ4v) is 3.32. The van der Waals surface area contributed by atoms with E-state index in [0.29, 0.717) is 62.8 Å². The molecule has 0 aliphatic rings. The average Bonchev–Trinajstić information content (AvgIpc) is 2.86. The number of nitrogens with one attached hydrogen (secondary N) is 2.